The molecule has 14 heavy (non-hydrogen) atoms. The van der Waals surface area contributed by atoms with Crippen molar-refractivity contribution in [3.05, 3.63) is 0 Å². The van der Waals surface area contributed by atoms with Crippen molar-refractivity contribution in [2.45, 2.75) is 50.8 Å². The van der Waals surface area contributed by atoms with Gasteiger partial charge in [0.2, 0.25) is 0 Å². The molecule has 1 fully saturated rings. The number of carbonyl (C=O) groups excluding carboxylic acids is 1. The molecule has 0 radical (unpaired) electrons. The Labute approximate surface area is 89.1 Å². The Kier molecular flexibility index (Phi) is 4.65. The van der Waals surface area contributed by atoms with Gasteiger partial charge in [0.1, 0.15) is 6.10 Å². The molecule has 1 saturated carbocycles. The predicted octanol–water partition coefficient (Wildman–Crippen LogP) is 0.538. The zero-order valence-corrected chi connectivity index (χ0v) is 9.05. The Balaban J connectivity index is 2.34. The summed E-state index contributed by atoms with van der Waals surface area (Å²) in [6.45, 7) is 1.98. The summed E-state index contributed by atoms with van der Waals surface area (Å²) in [5, 5.41) is 12.4. The van der Waals surface area contributed by atoms with E-state index in [1.165, 1.54) is 0 Å². The van der Waals surface area contributed by atoms with Crippen LogP contribution in [-0.4, -0.2) is 29.2 Å². The lowest BCUT2D eigenvalue weighted by Crippen LogP contribution is -2.46. The number of hydrogen-bond donors (Lipinski definition) is 3. The minimum absolute atomic E-state index is 0.273. The van der Waals surface area contributed by atoms with Crippen molar-refractivity contribution in [1.29, 1.82) is 0 Å². The van der Waals surface area contributed by atoms with Gasteiger partial charge in [0.25, 0.3) is 5.91 Å². The Morgan fingerprint density at radius 2 is 2.29 bits per heavy atom. The normalized spacial score (nSPS) is 20.2. The van der Waals surface area contributed by atoms with Gasteiger partial charge in [-0.05, 0) is 31.0 Å². The first-order valence-electron chi connectivity index (χ1n) is 5.03. The topological polar surface area (TPSA) is 61.4 Å². The molecule has 1 aliphatic carbocycles. The summed E-state index contributed by atoms with van der Waals surface area (Å²) >= 11 is 5.45. The highest BCUT2D eigenvalue weighted by atomic mass is 35.5. The first-order valence-corrected chi connectivity index (χ1v) is 5.41. The van der Waals surface area contributed by atoms with E-state index in [0.717, 1.165) is 19.3 Å². The van der Waals surface area contributed by atoms with Crippen LogP contribution in [0.5, 0.6) is 0 Å². The van der Waals surface area contributed by atoms with Gasteiger partial charge in [-0.1, -0.05) is 13.3 Å². The highest BCUT2D eigenvalue weighted by molar-refractivity contribution is 6.13. The molecular weight excluding hydrogens is 204 g/mol. The zero-order valence-electron chi connectivity index (χ0n) is 8.29. The smallest absolute Gasteiger partial charge is 0.250 e. The molecule has 1 aliphatic rings. The van der Waals surface area contributed by atoms with Crippen molar-refractivity contribution in [3.8, 4) is 0 Å². The van der Waals surface area contributed by atoms with Crippen molar-refractivity contribution in [2.75, 3.05) is 0 Å². The van der Waals surface area contributed by atoms with Gasteiger partial charge in [0, 0.05) is 6.04 Å². The highest BCUT2D eigenvalue weighted by Crippen LogP contribution is 2.19. The molecular formula is C9H17ClN2O2. The van der Waals surface area contributed by atoms with Crippen LogP contribution < -0.4 is 10.2 Å². The maximum Gasteiger partial charge on any atom is 0.250 e. The Morgan fingerprint density at radius 3 is 2.71 bits per heavy atom. The van der Waals surface area contributed by atoms with Gasteiger partial charge in [-0.3, -0.25) is 4.79 Å². The quantitative estimate of drug-likeness (QED) is 0.573. The molecule has 0 heterocycles. The molecule has 82 valence electrons. The highest BCUT2D eigenvalue weighted by Gasteiger charge is 2.30. The van der Waals surface area contributed by atoms with Crippen molar-refractivity contribution in [2.24, 2.45) is 0 Å². The van der Waals surface area contributed by atoms with Gasteiger partial charge in [-0.15, -0.1) is 0 Å². The van der Waals surface area contributed by atoms with E-state index in [4.69, 9.17) is 11.8 Å². The second-order valence-electron chi connectivity index (χ2n) is 3.73. The van der Waals surface area contributed by atoms with Crippen molar-refractivity contribution >= 4 is 17.7 Å². The van der Waals surface area contributed by atoms with Gasteiger partial charge in [0.05, 0.1) is 6.04 Å². The van der Waals surface area contributed by atoms with E-state index < -0.39 is 6.10 Å². The van der Waals surface area contributed by atoms with Gasteiger partial charge in [-0.2, -0.15) is 0 Å². The van der Waals surface area contributed by atoms with Crippen LogP contribution >= 0.6 is 11.8 Å². The van der Waals surface area contributed by atoms with Crippen LogP contribution in [0.1, 0.15) is 32.6 Å². The summed E-state index contributed by atoms with van der Waals surface area (Å²) in [4.78, 5) is 13.8. The molecule has 3 N–H and O–H groups in total. The number of aliphatic hydroxyl groups is 1. The number of rotatable bonds is 6. The SMILES string of the molecule is CCCC(NCl)C(O)C(=O)NC1CC1. The second-order valence-corrected chi connectivity index (χ2v) is 3.95. The molecule has 0 aromatic rings. The fraction of sp³-hybridized carbons (Fsp3) is 0.889. The van der Waals surface area contributed by atoms with E-state index in [1.54, 1.807) is 0 Å². The monoisotopic (exact) mass is 220 g/mol. The molecule has 0 saturated heterocycles. The maximum absolute atomic E-state index is 11.4. The lowest BCUT2D eigenvalue weighted by molar-refractivity contribution is -0.130. The standard InChI is InChI=1S/C9H17ClN2O2/c1-2-3-7(12-10)8(13)9(14)11-6-4-5-6/h6-8,12-13H,2-5H2,1H3,(H,11,14). The summed E-state index contributed by atoms with van der Waals surface area (Å²) in [6.07, 6.45) is 2.55. The Hall–Kier alpha value is -0.320. The minimum Gasteiger partial charge on any atom is -0.382 e. The largest absolute Gasteiger partial charge is 0.382 e. The van der Waals surface area contributed by atoms with Gasteiger partial charge in [-0.25, -0.2) is 4.84 Å². The zero-order chi connectivity index (χ0) is 10.6. The average Bonchev–Trinajstić information content (AvgIpc) is 2.96. The van der Waals surface area contributed by atoms with Crippen LogP contribution in [0, 0.1) is 0 Å². The number of halogens is 1. The minimum atomic E-state index is -1.05. The number of aliphatic hydroxyl groups excluding tert-OH is 1. The summed E-state index contributed by atoms with van der Waals surface area (Å²) in [6, 6.07) is -0.0878. The molecule has 0 aromatic carbocycles. The molecule has 0 aromatic heterocycles. The van der Waals surface area contributed by atoms with Crippen molar-refractivity contribution < 1.29 is 9.90 Å². The van der Waals surface area contributed by atoms with Crippen LogP contribution in [0.15, 0.2) is 0 Å². The van der Waals surface area contributed by atoms with Crippen LogP contribution in [0.4, 0.5) is 0 Å². The second kappa shape index (κ2) is 5.53. The molecule has 2 atom stereocenters. The fourth-order valence-corrected chi connectivity index (χ4v) is 1.51. The maximum atomic E-state index is 11.4. The van der Waals surface area contributed by atoms with Crippen LogP contribution in [-0.2, 0) is 4.79 Å². The molecule has 0 aliphatic heterocycles. The van der Waals surface area contributed by atoms with Gasteiger partial charge >= 0.3 is 0 Å². The lowest BCUT2D eigenvalue weighted by atomic mass is 10.1. The summed E-state index contributed by atoms with van der Waals surface area (Å²) < 4.78 is 0. The number of nitrogens with one attached hydrogen (secondary N) is 2. The number of hydrogen-bond acceptors (Lipinski definition) is 3. The fourth-order valence-electron chi connectivity index (χ4n) is 1.28. The number of amides is 1. The summed E-state index contributed by atoms with van der Waals surface area (Å²) in [5.74, 6) is -0.320. The molecule has 0 bridgehead atoms. The van der Waals surface area contributed by atoms with Crippen LogP contribution in [0.3, 0.4) is 0 Å². The third-order valence-corrected chi connectivity index (χ3v) is 2.59. The Bertz CT molecular complexity index is 197. The lowest BCUT2D eigenvalue weighted by Gasteiger charge is -2.19. The summed E-state index contributed by atoms with van der Waals surface area (Å²) in [5.41, 5.74) is 0. The average molecular weight is 221 g/mol. The van der Waals surface area contributed by atoms with E-state index in [2.05, 4.69) is 10.2 Å². The first kappa shape index (κ1) is 11.8. The van der Waals surface area contributed by atoms with E-state index in [1.807, 2.05) is 6.92 Å². The van der Waals surface area contributed by atoms with E-state index in [-0.39, 0.29) is 18.0 Å². The van der Waals surface area contributed by atoms with Crippen LogP contribution in [0.2, 0.25) is 0 Å². The van der Waals surface area contributed by atoms with Crippen molar-refractivity contribution in [3.63, 3.8) is 0 Å². The van der Waals surface area contributed by atoms with E-state index in [0.29, 0.717) is 6.42 Å². The molecule has 5 heteroatoms. The van der Waals surface area contributed by atoms with Crippen molar-refractivity contribution in [1.82, 2.24) is 10.2 Å². The van der Waals surface area contributed by atoms with Crippen LogP contribution in [0.25, 0.3) is 0 Å². The molecule has 1 amide bonds. The van der Waals surface area contributed by atoms with Gasteiger partial charge < -0.3 is 10.4 Å². The van der Waals surface area contributed by atoms with E-state index in [9.17, 15) is 9.90 Å². The Morgan fingerprint density at radius 1 is 1.64 bits per heavy atom. The molecule has 2 unspecified atom stereocenters. The summed E-state index contributed by atoms with van der Waals surface area (Å²) in [7, 11) is 0. The van der Waals surface area contributed by atoms with Gasteiger partial charge in [0.15, 0.2) is 0 Å². The third-order valence-electron chi connectivity index (χ3n) is 2.31. The number of carbonyl (C=O) groups is 1. The molecule has 0 spiro atoms. The molecule has 1 rings (SSSR count). The third kappa shape index (κ3) is 3.44. The predicted molar refractivity (Wildman–Crippen MR) is 54.9 cm³/mol. The first-order chi connectivity index (χ1) is 6.69. The molecule has 4 nitrogen and oxygen atoms in total. The van der Waals surface area contributed by atoms with E-state index >= 15 is 0 Å².